The van der Waals surface area contributed by atoms with Crippen LogP contribution in [0.15, 0.2) is 45.7 Å². The van der Waals surface area contributed by atoms with Crippen LogP contribution in [0.5, 0.6) is 0 Å². The van der Waals surface area contributed by atoms with Gasteiger partial charge < -0.3 is 9.32 Å². The Morgan fingerprint density at radius 1 is 1.44 bits per heavy atom. The monoisotopic (exact) mass is 327 g/mol. The Morgan fingerprint density at radius 3 is 2.89 bits per heavy atom. The van der Waals surface area contributed by atoms with Crippen molar-refractivity contribution in [1.29, 1.82) is 0 Å². The number of carbonyl (C=O) groups excluding carboxylic acids is 1. The quantitative estimate of drug-likeness (QED) is 0.854. The summed E-state index contributed by atoms with van der Waals surface area (Å²) in [6.45, 7) is 0.494. The Balaban J connectivity index is 2.17. The van der Waals surface area contributed by atoms with E-state index in [0.29, 0.717) is 17.1 Å². The number of rotatable bonds is 3. The molecule has 0 radical (unpaired) electrons. The Bertz CT molecular complexity index is 554. The van der Waals surface area contributed by atoms with Gasteiger partial charge in [-0.2, -0.15) is 0 Å². The summed E-state index contributed by atoms with van der Waals surface area (Å²) in [5, 5.41) is 0.540. The molecule has 0 aliphatic heterocycles. The van der Waals surface area contributed by atoms with Crippen LogP contribution in [0.25, 0.3) is 0 Å². The van der Waals surface area contributed by atoms with E-state index in [4.69, 9.17) is 16.0 Å². The lowest BCUT2D eigenvalue weighted by atomic mass is 10.2. The number of furan rings is 1. The van der Waals surface area contributed by atoms with Gasteiger partial charge in [0.25, 0.3) is 5.91 Å². The number of carbonyl (C=O) groups is 1. The fourth-order valence-electron chi connectivity index (χ4n) is 1.60. The molecular formula is C13H11BrClNO2. The first-order chi connectivity index (χ1) is 8.58. The van der Waals surface area contributed by atoms with E-state index in [1.807, 2.05) is 6.07 Å². The second-order valence-corrected chi connectivity index (χ2v) is 5.21. The molecule has 2 aromatic rings. The molecule has 5 heteroatoms. The third kappa shape index (κ3) is 2.94. The molecule has 1 amide bonds. The van der Waals surface area contributed by atoms with Crippen LogP contribution in [0, 0.1) is 0 Å². The first-order valence-electron chi connectivity index (χ1n) is 5.29. The van der Waals surface area contributed by atoms with Crippen molar-refractivity contribution >= 4 is 33.4 Å². The van der Waals surface area contributed by atoms with E-state index >= 15 is 0 Å². The SMILES string of the molecule is CN(Cc1ccoc1)C(=O)c1cc(Cl)ccc1Br. The van der Waals surface area contributed by atoms with Crippen LogP contribution in [0.1, 0.15) is 15.9 Å². The van der Waals surface area contributed by atoms with E-state index in [0.717, 1.165) is 10.0 Å². The number of hydrogen-bond donors (Lipinski definition) is 0. The second-order valence-electron chi connectivity index (χ2n) is 3.92. The predicted molar refractivity (Wildman–Crippen MR) is 73.7 cm³/mol. The number of nitrogens with zero attached hydrogens (tertiary/aromatic N) is 1. The predicted octanol–water partition coefficient (Wildman–Crippen LogP) is 3.97. The topological polar surface area (TPSA) is 33.5 Å². The summed E-state index contributed by atoms with van der Waals surface area (Å²) in [6, 6.07) is 6.98. The minimum Gasteiger partial charge on any atom is -0.472 e. The third-order valence-electron chi connectivity index (χ3n) is 2.51. The number of hydrogen-bond acceptors (Lipinski definition) is 2. The van der Waals surface area contributed by atoms with Gasteiger partial charge in [0, 0.05) is 28.7 Å². The molecule has 0 saturated heterocycles. The molecule has 0 aliphatic rings. The van der Waals surface area contributed by atoms with Crippen LogP contribution < -0.4 is 0 Å². The average molecular weight is 329 g/mol. The van der Waals surface area contributed by atoms with Crippen molar-refractivity contribution in [3.63, 3.8) is 0 Å². The van der Waals surface area contributed by atoms with Gasteiger partial charge in [-0.3, -0.25) is 4.79 Å². The minimum atomic E-state index is -0.0921. The Kier molecular flexibility index (Phi) is 4.09. The molecule has 1 aromatic heterocycles. The summed E-state index contributed by atoms with van der Waals surface area (Å²) in [5.74, 6) is -0.0921. The summed E-state index contributed by atoms with van der Waals surface area (Å²) in [6.07, 6.45) is 3.21. The fraction of sp³-hybridized carbons (Fsp3) is 0.154. The molecule has 3 nitrogen and oxygen atoms in total. The van der Waals surface area contributed by atoms with Crippen molar-refractivity contribution in [2.75, 3.05) is 7.05 Å². The van der Waals surface area contributed by atoms with Crippen LogP contribution in [0.2, 0.25) is 5.02 Å². The van der Waals surface area contributed by atoms with Gasteiger partial charge in [0.1, 0.15) is 0 Å². The summed E-state index contributed by atoms with van der Waals surface area (Å²) in [4.78, 5) is 13.9. The number of amides is 1. The molecule has 0 saturated carbocycles. The van der Waals surface area contributed by atoms with Crippen LogP contribution in [0.3, 0.4) is 0 Å². The van der Waals surface area contributed by atoms with Gasteiger partial charge in [-0.1, -0.05) is 11.6 Å². The number of benzene rings is 1. The molecule has 0 N–H and O–H groups in total. The lowest BCUT2D eigenvalue weighted by Gasteiger charge is -2.17. The zero-order chi connectivity index (χ0) is 13.1. The molecule has 0 unspecified atom stereocenters. The zero-order valence-corrected chi connectivity index (χ0v) is 12.0. The van der Waals surface area contributed by atoms with Gasteiger partial charge in [-0.15, -0.1) is 0 Å². The van der Waals surface area contributed by atoms with E-state index in [2.05, 4.69) is 15.9 Å². The van der Waals surface area contributed by atoms with Gasteiger partial charge in [0.2, 0.25) is 0 Å². The molecule has 2 rings (SSSR count). The first kappa shape index (κ1) is 13.2. The summed E-state index contributed by atoms with van der Waals surface area (Å²) in [7, 11) is 1.74. The van der Waals surface area contributed by atoms with Crippen LogP contribution >= 0.6 is 27.5 Å². The normalized spacial score (nSPS) is 10.4. The van der Waals surface area contributed by atoms with Crippen molar-refractivity contribution in [3.05, 3.63) is 57.4 Å². The van der Waals surface area contributed by atoms with E-state index < -0.39 is 0 Å². The van der Waals surface area contributed by atoms with Crippen molar-refractivity contribution in [1.82, 2.24) is 4.90 Å². The molecule has 0 spiro atoms. The summed E-state index contributed by atoms with van der Waals surface area (Å²) in [5.41, 5.74) is 1.50. The first-order valence-corrected chi connectivity index (χ1v) is 6.46. The highest BCUT2D eigenvalue weighted by Gasteiger charge is 2.15. The molecule has 18 heavy (non-hydrogen) atoms. The zero-order valence-electron chi connectivity index (χ0n) is 9.69. The van der Waals surface area contributed by atoms with Crippen molar-refractivity contribution < 1.29 is 9.21 Å². The van der Waals surface area contributed by atoms with E-state index in [1.54, 1.807) is 42.7 Å². The Hall–Kier alpha value is -1.26. The van der Waals surface area contributed by atoms with Crippen LogP contribution in [-0.4, -0.2) is 17.9 Å². The molecule has 0 fully saturated rings. The van der Waals surface area contributed by atoms with Gasteiger partial charge in [-0.25, -0.2) is 0 Å². The maximum Gasteiger partial charge on any atom is 0.255 e. The molecular weight excluding hydrogens is 318 g/mol. The van der Waals surface area contributed by atoms with Gasteiger partial charge in [-0.05, 0) is 40.2 Å². The summed E-state index contributed by atoms with van der Waals surface area (Å²) >= 11 is 9.25. The Morgan fingerprint density at radius 2 is 2.22 bits per heavy atom. The van der Waals surface area contributed by atoms with Crippen LogP contribution in [-0.2, 0) is 6.54 Å². The highest BCUT2D eigenvalue weighted by Crippen LogP contribution is 2.22. The molecule has 0 aliphatic carbocycles. The lowest BCUT2D eigenvalue weighted by Crippen LogP contribution is -2.26. The average Bonchev–Trinajstić information content (AvgIpc) is 2.84. The third-order valence-corrected chi connectivity index (χ3v) is 3.43. The van der Waals surface area contributed by atoms with E-state index in [1.165, 1.54) is 0 Å². The summed E-state index contributed by atoms with van der Waals surface area (Å²) < 4.78 is 5.71. The smallest absolute Gasteiger partial charge is 0.255 e. The number of halogens is 2. The fourth-order valence-corrected chi connectivity index (χ4v) is 2.18. The van der Waals surface area contributed by atoms with Crippen LogP contribution in [0.4, 0.5) is 0 Å². The Labute approximate surface area is 118 Å². The van der Waals surface area contributed by atoms with Gasteiger partial charge in [0.05, 0.1) is 18.1 Å². The van der Waals surface area contributed by atoms with Crippen molar-refractivity contribution in [2.24, 2.45) is 0 Å². The molecule has 94 valence electrons. The highest BCUT2D eigenvalue weighted by molar-refractivity contribution is 9.10. The van der Waals surface area contributed by atoms with Crippen molar-refractivity contribution in [2.45, 2.75) is 6.54 Å². The second kappa shape index (κ2) is 5.59. The minimum absolute atomic E-state index is 0.0921. The van der Waals surface area contributed by atoms with Gasteiger partial charge >= 0.3 is 0 Å². The largest absolute Gasteiger partial charge is 0.472 e. The lowest BCUT2D eigenvalue weighted by molar-refractivity contribution is 0.0784. The highest BCUT2D eigenvalue weighted by atomic mass is 79.9. The van der Waals surface area contributed by atoms with E-state index in [9.17, 15) is 4.79 Å². The maximum absolute atomic E-state index is 12.3. The molecule has 1 aromatic carbocycles. The van der Waals surface area contributed by atoms with Gasteiger partial charge in [0.15, 0.2) is 0 Å². The standard InChI is InChI=1S/C13H11BrClNO2/c1-16(7-9-4-5-18-8-9)13(17)11-6-10(15)2-3-12(11)14/h2-6,8H,7H2,1H3. The maximum atomic E-state index is 12.3. The molecule has 1 heterocycles. The van der Waals surface area contributed by atoms with Crippen molar-refractivity contribution in [3.8, 4) is 0 Å². The molecule has 0 atom stereocenters. The molecule has 0 bridgehead atoms. The van der Waals surface area contributed by atoms with E-state index in [-0.39, 0.29) is 5.91 Å².